The van der Waals surface area contributed by atoms with Gasteiger partial charge in [0.05, 0.1) is 0 Å². The Morgan fingerprint density at radius 1 is 1.38 bits per heavy atom. The molecule has 1 saturated carbocycles. The maximum atomic E-state index is 12.0. The van der Waals surface area contributed by atoms with Crippen molar-refractivity contribution < 1.29 is 9.53 Å². The second-order valence-electron chi connectivity index (χ2n) is 5.96. The van der Waals surface area contributed by atoms with E-state index in [0.717, 1.165) is 18.4 Å². The van der Waals surface area contributed by atoms with Crippen LogP contribution in [0.4, 0.5) is 0 Å². The van der Waals surface area contributed by atoms with Gasteiger partial charge in [-0.15, -0.1) is 23.2 Å². The monoisotopic (exact) mass is 329 g/mol. The lowest BCUT2D eigenvalue weighted by Crippen LogP contribution is -2.46. The number of hydrogen-bond donors (Lipinski definition) is 1. The Morgan fingerprint density at radius 2 is 1.95 bits per heavy atom. The zero-order valence-electron chi connectivity index (χ0n) is 12.6. The van der Waals surface area contributed by atoms with E-state index in [9.17, 15) is 4.79 Å². The van der Waals surface area contributed by atoms with Gasteiger partial charge in [-0.2, -0.15) is 0 Å². The van der Waals surface area contributed by atoms with Crippen LogP contribution in [0, 0.1) is 0 Å². The average Bonchev–Trinajstić information content (AvgIpc) is 3.05. The van der Waals surface area contributed by atoms with Gasteiger partial charge in [-0.3, -0.25) is 4.79 Å². The zero-order valence-corrected chi connectivity index (χ0v) is 14.1. The number of rotatable bonds is 6. The number of carbonyl (C=O) groups is 1. The normalized spacial score (nSPS) is 20.0. The largest absolute Gasteiger partial charge is 0.478 e. The van der Waals surface area contributed by atoms with E-state index in [2.05, 4.69) is 5.32 Å². The average molecular weight is 330 g/mol. The van der Waals surface area contributed by atoms with Crippen LogP contribution < -0.4 is 10.1 Å². The van der Waals surface area contributed by atoms with Crippen LogP contribution in [-0.2, 0) is 4.79 Å². The first-order valence-electron chi connectivity index (χ1n) is 7.21. The molecule has 1 fully saturated rings. The molecule has 1 aromatic rings. The Morgan fingerprint density at radius 3 is 2.43 bits per heavy atom. The summed E-state index contributed by atoms with van der Waals surface area (Å²) in [6, 6.07) is 7.61. The SMILES string of the molecule is CCCNC(=O)C(C)(C)Oc1ccc([C@H]2CC2(Cl)Cl)cc1. The first kappa shape index (κ1) is 16.4. The molecule has 5 heteroatoms. The van der Waals surface area contributed by atoms with E-state index in [1.54, 1.807) is 13.8 Å². The van der Waals surface area contributed by atoms with Crippen molar-refractivity contribution in [1.29, 1.82) is 0 Å². The van der Waals surface area contributed by atoms with Crippen LogP contribution in [0.15, 0.2) is 24.3 Å². The Kier molecular flexibility index (Phi) is 4.74. The number of alkyl halides is 2. The quantitative estimate of drug-likeness (QED) is 0.800. The molecule has 21 heavy (non-hydrogen) atoms. The summed E-state index contributed by atoms with van der Waals surface area (Å²) in [5, 5.41) is 2.84. The minimum Gasteiger partial charge on any atom is -0.478 e. The predicted molar refractivity (Wildman–Crippen MR) is 86.2 cm³/mol. The molecule has 1 aliphatic rings. The van der Waals surface area contributed by atoms with E-state index < -0.39 is 9.93 Å². The molecular weight excluding hydrogens is 309 g/mol. The smallest absolute Gasteiger partial charge is 0.263 e. The molecule has 0 spiro atoms. The lowest BCUT2D eigenvalue weighted by molar-refractivity contribution is -0.134. The summed E-state index contributed by atoms with van der Waals surface area (Å²) in [7, 11) is 0. The first-order valence-corrected chi connectivity index (χ1v) is 7.97. The van der Waals surface area contributed by atoms with Crippen LogP contribution in [0.1, 0.15) is 45.1 Å². The van der Waals surface area contributed by atoms with Crippen molar-refractivity contribution in [1.82, 2.24) is 5.32 Å². The number of halogens is 2. The summed E-state index contributed by atoms with van der Waals surface area (Å²) in [6.07, 6.45) is 1.68. The number of nitrogens with one attached hydrogen (secondary N) is 1. The van der Waals surface area contributed by atoms with E-state index in [1.807, 2.05) is 31.2 Å². The molecule has 1 aliphatic carbocycles. The fourth-order valence-electron chi connectivity index (χ4n) is 2.14. The standard InChI is InChI=1S/C16H21Cl2NO2/c1-4-9-19-14(20)15(2,3)21-12-7-5-11(6-8-12)13-10-16(13,17)18/h5-8,13H,4,9-10H2,1-3H3,(H,19,20)/t13-/m1/s1. The van der Waals surface area contributed by atoms with Crippen LogP contribution in [-0.4, -0.2) is 22.4 Å². The lowest BCUT2D eigenvalue weighted by Gasteiger charge is -2.25. The third-order valence-corrected chi connectivity index (χ3v) is 4.40. The fourth-order valence-corrected chi connectivity index (χ4v) is 2.70. The van der Waals surface area contributed by atoms with Gasteiger partial charge >= 0.3 is 0 Å². The van der Waals surface area contributed by atoms with Crippen molar-refractivity contribution in [2.24, 2.45) is 0 Å². The summed E-state index contributed by atoms with van der Waals surface area (Å²) in [6.45, 7) is 6.18. The zero-order chi connectivity index (χ0) is 15.7. The third kappa shape index (κ3) is 4.04. The number of hydrogen-bond acceptors (Lipinski definition) is 2. The van der Waals surface area contributed by atoms with Gasteiger partial charge in [0.15, 0.2) is 5.60 Å². The second-order valence-corrected chi connectivity index (χ2v) is 7.50. The van der Waals surface area contributed by atoms with Crippen molar-refractivity contribution in [2.75, 3.05) is 6.54 Å². The molecule has 0 radical (unpaired) electrons. The topological polar surface area (TPSA) is 38.3 Å². The van der Waals surface area contributed by atoms with Crippen LogP contribution in [0.3, 0.4) is 0 Å². The number of ether oxygens (including phenoxy) is 1. The molecule has 0 saturated heterocycles. The highest BCUT2D eigenvalue weighted by Crippen LogP contribution is 2.59. The molecule has 0 bridgehead atoms. The molecule has 1 amide bonds. The first-order chi connectivity index (χ1) is 9.76. The maximum absolute atomic E-state index is 12.0. The predicted octanol–water partition coefficient (Wildman–Crippen LogP) is 4.03. The van der Waals surface area contributed by atoms with Gasteiger partial charge in [-0.25, -0.2) is 0 Å². The molecule has 2 rings (SSSR count). The minimum absolute atomic E-state index is 0.115. The van der Waals surface area contributed by atoms with Gasteiger partial charge in [0, 0.05) is 12.5 Å². The molecule has 116 valence electrons. The lowest BCUT2D eigenvalue weighted by atomic mass is 10.1. The molecule has 1 aromatic carbocycles. The highest BCUT2D eigenvalue weighted by atomic mass is 35.5. The molecular formula is C16H21Cl2NO2. The van der Waals surface area contributed by atoms with Crippen molar-refractivity contribution in [2.45, 2.75) is 49.5 Å². The van der Waals surface area contributed by atoms with Gasteiger partial charge in [0.1, 0.15) is 10.1 Å². The summed E-state index contributed by atoms with van der Waals surface area (Å²) in [5.74, 6) is 0.734. The Labute approximate surface area is 136 Å². The second kappa shape index (κ2) is 6.05. The minimum atomic E-state index is -0.904. The van der Waals surface area contributed by atoms with Crippen LogP contribution in [0.2, 0.25) is 0 Å². The Hall–Kier alpha value is -0.930. The molecule has 1 atom stereocenters. The van der Waals surface area contributed by atoms with E-state index in [1.165, 1.54) is 0 Å². The van der Waals surface area contributed by atoms with E-state index in [-0.39, 0.29) is 11.8 Å². The third-order valence-electron chi connectivity index (χ3n) is 3.56. The molecule has 0 aromatic heterocycles. The Bertz CT molecular complexity index is 512. The van der Waals surface area contributed by atoms with Gasteiger partial charge in [-0.05, 0) is 44.4 Å². The van der Waals surface area contributed by atoms with Gasteiger partial charge in [-0.1, -0.05) is 19.1 Å². The maximum Gasteiger partial charge on any atom is 0.263 e. The summed E-state index contributed by atoms with van der Waals surface area (Å²) >= 11 is 12.1. The molecule has 3 nitrogen and oxygen atoms in total. The Balaban J connectivity index is 1.98. The molecule has 0 unspecified atom stereocenters. The molecule has 1 N–H and O–H groups in total. The van der Waals surface area contributed by atoms with E-state index >= 15 is 0 Å². The summed E-state index contributed by atoms with van der Waals surface area (Å²) < 4.78 is 5.17. The molecule has 0 heterocycles. The van der Waals surface area contributed by atoms with Gasteiger partial charge in [0.2, 0.25) is 0 Å². The van der Waals surface area contributed by atoms with Crippen molar-refractivity contribution in [3.63, 3.8) is 0 Å². The van der Waals surface area contributed by atoms with Crippen LogP contribution in [0.25, 0.3) is 0 Å². The fraction of sp³-hybridized carbons (Fsp3) is 0.562. The van der Waals surface area contributed by atoms with Gasteiger partial charge in [0.25, 0.3) is 5.91 Å². The van der Waals surface area contributed by atoms with Crippen molar-refractivity contribution in [3.8, 4) is 5.75 Å². The number of amides is 1. The van der Waals surface area contributed by atoms with Crippen molar-refractivity contribution in [3.05, 3.63) is 29.8 Å². The summed E-state index contributed by atoms with van der Waals surface area (Å²) in [5.41, 5.74) is 0.194. The highest BCUT2D eigenvalue weighted by molar-refractivity contribution is 6.51. The van der Waals surface area contributed by atoms with Gasteiger partial charge < -0.3 is 10.1 Å². The molecule has 0 aliphatic heterocycles. The number of carbonyl (C=O) groups excluding carboxylic acids is 1. The highest BCUT2D eigenvalue weighted by Gasteiger charge is 2.52. The van der Waals surface area contributed by atoms with E-state index in [4.69, 9.17) is 27.9 Å². The van der Waals surface area contributed by atoms with Crippen molar-refractivity contribution >= 4 is 29.1 Å². The van der Waals surface area contributed by atoms with Crippen LogP contribution >= 0.6 is 23.2 Å². The van der Waals surface area contributed by atoms with Crippen LogP contribution in [0.5, 0.6) is 5.75 Å². The van der Waals surface area contributed by atoms with E-state index in [0.29, 0.717) is 12.3 Å². The number of benzene rings is 1. The summed E-state index contributed by atoms with van der Waals surface area (Å²) in [4.78, 5) is 12.0.